The number of esters is 1. The van der Waals surface area contributed by atoms with Gasteiger partial charge in [-0.3, -0.25) is 9.78 Å². The van der Waals surface area contributed by atoms with E-state index in [1.54, 1.807) is 20.0 Å². The van der Waals surface area contributed by atoms with E-state index in [1.165, 1.54) is 0 Å². The van der Waals surface area contributed by atoms with Crippen LogP contribution in [0.4, 0.5) is 0 Å². The molecular weight excluding hydrogens is 240 g/mol. The molecule has 0 aliphatic carbocycles. The van der Waals surface area contributed by atoms with Crippen molar-refractivity contribution < 1.29 is 9.53 Å². The van der Waals surface area contributed by atoms with Gasteiger partial charge in [0.2, 0.25) is 0 Å². The SMILES string of the molecule is CCOC(=O)[C@@](C)(N)Cc1ccc2cccnc2c1. The van der Waals surface area contributed by atoms with E-state index in [4.69, 9.17) is 10.5 Å². The van der Waals surface area contributed by atoms with Crippen molar-refractivity contribution in [2.24, 2.45) is 5.73 Å². The molecule has 0 bridgehead atoms. The fraction of sp³-hybridized carbons (Fsp3) is 0.333. The molecule has 0 saturated heterocycles. The summed E-state index contributed by atoms with van der Waals surface area (Å²) in [7, 11) is 0. The molecule has 1 aromatic heterocycles. The van der Waals surface area contributed by atoms with E-state index in [0.717, 1.165) is 16.5 Å². The third-order valence-electron chi connectivity index (χ3n) is 2.98. The van der Waals surface area contributed by atoms with Gasteiger partial charge >= 0.3 is 5.97 Å². The zero-order valence-electron chi connectivity index (χ0n) is 11.2. The third-order valence-corrected chi connectivity index (χ3v) is 2.98. The average Bonchev–Trinajstić information content (AvgIpc) is 2.38. The number of hydrogen-bond acceptors (Lipinski definition) is 4. The molecule has 4 nitrogen and oxygen atoms in total. The summed E-state index contributed by atoms with van der Waals surface area (Å²) in [5.74, 6) is -0.379. The summed E-state index contributed by atoms with van der Waals surface area (Å²) in [5, 5.41) is 1.07. The molecule has 0 fully saturated rings. The van der Waals surface area contributed by atoms with Gasteiger partial charge in [0.05, 0.1) is 12.1 Å². The van der Waals surface area contributed by atoms with Crippen LogP contribution in [-0.2, 0) is 16.0 Å². The first-order chi connectivity index (χ1) is 9.03. The van der Waals surface area contributed by atoms with Gasteiger partial charge in [0.15, 0.2) is 0 Å². The summed E-state index contributed by atoms with van der Waals surface area (Å²) in [6.45, 7) is 3.80. The summed E-state index contributed by atoms with van der Waals surface area (Å²) in [5.41, 5.74) is 6.89. The monoisotopic (exact) mass is 258 g/mol. The zero-order chi connectivity index (χ0) is 13.9. The maximum atomic E-state index is 11.8. The minimum Gasteiger partial charge on any atom is -0.465 e. The molecular formula is C15H18N2O2. The van der Waals surface area contributed by atoms with Gasteiger partial charge in [-0.2, -0.15) is 0 Å². The van der Waals surface area contributed by atoms with E-state index in [0.29, 0.717) is 13.0 Å². The second-order valence-corrected chi connectivity index (χ2v) is 4.85. The number of rotatable bonds is 4. The van der Waals surface area contributed by atoms with Crippen molar-refractivity contribution >= 4 is 16.9 Å². The third kappa shape index (κ3) is 3.09. The van der Waals surface area contributed by atoms with Crippen molar-refractivity contribution in [3.05, 3.63) is 42.1 Å². The van der Waals surface area contributed by atoms with Gasteiger partial charge in [-0.05, 0) is 31.5 Å². The first kappa shape index (κ1) is 13.5. The molecule has 0 aliphatic heterocycles. The Bertz CT molecular complexity index is 593. The van der Waals surface area contributed by atoms with Gasteiger partial charge in [0, 0.05) is 18.0 Å². The molecule has 0 aliphatic rings. The first-order valence-electron chi connectivity index (χ1n) is 6.32. The number of benzene rings is 1. The molecule has 0 unspecified atom stereocenters. The number of pyridine rings is 1. The van der Waals surface area contributed by atoms with E-state index in [2.05, 4.69) is 4.98 Å². The lowest BCUT2D eigenvalue weighted by molar-refractivity contribution is -0.148. The highest BCUT2D eigenvalue weighted by atomic mass is 16.5. The predicted octanol–water partition coefficient (Wildman–Crippen LogP) is 2.06. The van der Waals surface area contributed by atoms with Crippen LogP contribution in [-0.4, -0.2) is 23.1 Å². The largest absolute Gasteiger partial charge is 0.465 e. The normalized spacial score (nSPS) is 14.1. The van der Waals surface area contributed by atoms with Crippen LogP contribution in [0.3, 0.4) is 0 Å². The van der Waals surface area contributed by atoms with E-state index in [1.807, 2.05) is 30.3 Å². The van der Waals surface area contributed by atoms with Crippen LogP contribution in [0, 0.1) is 0 Å². The zero-order valence-corrected chi connectivity index (χ0v) is 11.2. The van der Waals surface area contributed by atoms with Crippen molar-refractivity contribution in [1.82, 2.24) is 4.98 Å². The second kappa shape index (κ2) is 5.36. The number of carbonyl (C=O) groups excluding carboxylic acids is 1. The molecule has 100 valence electrons. The van der Waals surface area contributed by atoms with Gasteiger partial charge in [-0.15, -0.1) is 0 Å². The number of fused-ring (bicyclic) bond motifs is 1. The van der Waals surface area contributed by atoms with E-state index in [9.17, 15) is 4.79 Å². The van der Waals surface area contributed by atoms with Crippen LogP contribution in [0.25, 0.3) is 10.9 Å². The van der Waals surface area contributed by atoms with Gasteiger partial charge < -0.3 is 10.5 Å². The van der Waals surface area contributed by atoms with Crippen LogP contribution in [0.5, 0.6) is 0 Å². The van der Waals surface area contributed by atoms with Crippen LogP contribution in [0.2, 0.25) is 0 Å². The van der Waals surface area contributed by atoms with Gasteiger partial charge in [0.1, 0.15) is 5.54 Å². The molecule has 0 spiro atoms. The first-order valence-corrected chi connectivity index (χ1v) is 6.32. The lowest BCUT2D eigenvalue weighted by atomic mass is 9.93. The molecule has 4 heteroatoms. The van der Waals surface area contributed by atoms with Gasteiger partial charge in [-0.25, -0.2) is 0 Å². The summed E-state index contributed by atoms with van der Waals surface area (Å²) >= 11 is 0. The van der Waals surface area contributed by atoms with E-state index >= 15 is 0 Å². The Morgan fingerprint density at radius 1 is 1.42 bits per heavy atom. The van der Waals surface area contributed by atoms with Crippen molar-refractivity contribution in [2.45, 2.75) is 25.8 Å². The van der Waals surface area contributed by atoms with Crippen molar-refractivity contribution in [3.8, 4) is 0 Å². The standard InChI is InChI=1S/C15H18N2O2/c1-3-19-14(18)15(2,16)10-11-6-7-12-5-4-8-17-13(12)9-11/h4-9H,3,10,16H2,1-2H3/t15-/m0/s1. The molecule has 1 heterocycles. The highest BCUT2D eigenvalue weighted by Gasteiger charge is 2.30. The smallest absolute Gasteiger partial charge is 0.326 e. The Hall–Kier alpha value is -1.94. The minimum atomic E-state index is -1.02. The lowest BCUT2D eigenvalue weighted by Crippen LogP contribution is -2.48. The summed E-state index contributed by atoms with van der Waals surface area (Å²) in [6, 6.07) is 9.81. The number of hydrogen-bond donors (Lipinski definition) is 1. The topological polar surface area (TPSA) is 65.2 Å². The van der Waals surface area contributed by atoms with Gasteiger partial charge in [0.25, 0.3) is 0 Å². The van der Waals surface area contributed by atoms with Crippen molar-refractivity contribution in [2.75, 3.05) is 6.61 Å². The van der Waals surface area contributed by atoms with Crippen molar-refractivity contribution in [1.29, 1.82) is 0 Å². The number of ether oxygens (including phenoxy) is 1. The van der Waals surface area contributed by atoms with E-state index < -0.39 is 5.54 Å². The highest BCUT2D eigenvalue weighted by molar-refractivity contribution is 5.82. The van der Waals surface area contributed by atoms with Gasteiger partial charge in [-0.1, -0.05) is 18.2 Å². The second-order valence-electron chi connectivity index (χ2n) is 4.85. The summed E-state index contributed by atoms with van der Waals surface area (Å²) < 4.78 is 4.99. The Labute approximate surface area is 112 Å². The molecule has 0 radical (unpaired) electrons. The Morgan fingerprint density at radius 3 is 2.95 bits per heavy atom. The summed E-state index contributed by atoms with van der Waals surface area (Å²) in [6.07, 6.45) is 2.18. The quantitative estimate of drug-likeness (QED) is 0.852. The number of aromatic nitrogens is 1. The Morgan fingerprint density at radius 2 is 2.21 bits per heavy atom. The molecule has 2 rings (SSSR count). The van der Waals surface area contributed by atoms with Crippen LogP contribution >= 0.6 is 0 Å². The van der Waals surface area contributed by atoms with Crippen LogP contribution in [0.15, 0.2) is 36.5 Å². The van der Waals surface area contributed by atoms with E-state index in [-0.39, 0.29) is 5.97 Å². The molecule has 1 aromatic carbocycles. The number of carbonyl (C=O) groups is 1. The predicted molar refractivity (Wildman–Crippen MR) is 74.7 cm³/mol. The molecule has 1 atom stereocenters. The summed E-state index contributed by atoms with van der Waals surface area (Å²) in [4.78, 5) is 16.1. The Kier molecular flexibility index (Phi) is 3.81. The fourth-order valence-corrected chi connectivity index (χ4v) is 2.01. The average molecular weight is 258 g/mol. The lowest BCUT2D eigenvalue weighted by Gasteiger charge is -2.22. The molecule has 2 aromatic rings. The molecule has 19 heavy (non-hydrogen) atoms. The number of nitrogens with zero attached hydrogens (tertiary/aromatic N) is 1. The molecule has 2 N–H and O–H groups in total. The minimum absolute atomic E-state index is 0.338. The molecule has 0 amide bonds. The van der Waals surface area contributed by atoms with Crippen LogP contribution < -0.4 is 5.73 Å². The fourth-order valence-electron chi connectivity index (χ4n) is 2.01. The maximum absolute atomic E-state index is 11.8. The Balaban J connectivity index is 2.23. The maximum Gasteiger partial charge on any atom is 0.326 e. The van der Waals surface area contributed by atoms with Crippen molar-refractivity contribution in [3.63, 3.8) is 0 Å². The highest BCUT2D eigenvalue weighted by Crippen LogP contribution is 2.17. The number of nitrogens with two attached hydrogens (primary N) is 1. The molecule has 0 saturated carbocycles. The van der Waals surface area contributed by atoms with Crippen LogP contribution in [0.1, 0.15) is 19.4 Å².